The maximum Gasteiger partial charge on any atom is 0.148 e. The van der Waals surface area contributed by atoms with Gasteiger partial charge in [0.1, 0.15) is 18.2 Å². The lowest BCUT2D eigenvalue weighted by Gasteiger charge is -2.12. The first-order valence-corrected chi connectivity index (χ1v) is 6.09. The summed E-state index contributed by atoms with van der Waals surface area (Å²) < 4.78 is 19.4. The van der Waals surface area contributed by atoms with E-state index in [0.717, 1.165) is 16.9 Å². The van der Waals surface area contributed by atoms with E-state index in [9.17, 15) is 4.39 Å². The Morgan fingerprint density at radius 1 is 1.06 bits per heavy atom. The highest BCUT2D eigenvalue weighted by Gasteiger charge is 2.08. The van der Waals surface area contributed by atoms with Crippen molar-refractivity contribution in [3.63, 3.8) is 0 Å². The Balaban J connectivity index is 2.19. The molecule has 2 rings (SSSR count). The summed E-state index contributed by atoms with van der Waals surface area (Å²) in [7, 11) is 0. The molecule has 0 aliphatic rings. The molecule has 0 saturated heterocycles. The molecule has 2 aromatic carbocycles. The third kappa shape index (κ3) is 2.65. The second-order valence-corrected chi connectivity index (χ2v) is 4.63. The van der Waals surface area contributed by atoms with E-state index in [-0.39, 0.29) is 11.6 Å². The molecule has 0 spiro atoms. The molecule has 3 heteroatoms. The van der Waals surface area contributed by atoms with Crippen molar-refractivity contribution in [1.82, 2.24) is 0 Å². The van der Waals surface area contributed by atoms with Crippen molar-refractivity contribution in [3.05, 3.63) is 63.9 Å². The van der Waals surface area contributed by atoms with Crippen LogP contribution in [-0.4, -0.2) is 0 Å². The predicted molar refractivity (Wildman–Crippen MR) is 71.7 cm³/mol. The smallest absolute Gasteiger partial charge is 0.148 e. The number of para-hydroxylation sites is 1. The lowest BCUT2D eigenvalue weighted by Crippen LogP contribution is -2.01. The summed E-state index contributed by atoms with van der Waals surface area (Å²) in [5.41, 5.74) is 2.54. The fourth-order valence-electron chi connectivity index (χ4n) is 1.84. The standard InChI is InChI=1S/C15H14ClFO/c1-10-5-3-6-11(2)15(10)18-9-12-7-4-8-13(16)14(12)17/h3-8H,9H2,1-2H3. The third-order valence-electron chi connectivity index (χ3n) is 2.81. The quantitative estimate of drug-likeness (QED) is 0.782. The third-order valence-corrected chi connectivity index (χ3v) is 3.10. The van der Waals surface area contributed by atoms with Gasteiger partial charge in [-0.1, -0.05) is 41.9 Å². The minimum atomic E-state index is -0.412. The first-order chi connectivity index (χ1) is 8.59. The summed E-state index contributed by atoms with van der Waals surface area (Å²) in [5, 5.41) is 0.123. The van der Waals surface area contributed by atoms with Crippen LogP contribution in [0.1, 0.15) is 16.7 Å². The van der Waals surface area contributed by atoms with E-state index in [1.807, 2.05) is 32.0 Å². The number of benzene rings is 2. The molecule has 0 bridgehead atoms. The van der Waals surface area contributed by atoms with Crippen LogP contribution in [0, 0.1) is 19.7 Å². The van der Waals surface area contributed by atoms with Gasteiger partial charge in [0.05, 0.1) is 5.02 Å². The van der Waals surface area contributed by atoms with Crippen molar-refractivity contribution >= 4 is 11.6 Å². The van der Waals surface area contributed by atoms with Crippen molar-refractivity contribution < 1.29 is 9.13 Å². The van der Waals surface area contributed by atoms with Crippen LogP contribution in [0.5, 0.6) is 5.75 Å². The normalized spacial score (nSPS) is 10.4. The summed E-state index contributed by atoms with van der Waals surface area (Å²) in [6.45, 7) is 4.12. The van der Waals surface area contributed by atoms with Crippen molar-refractivity contribution in [1.29, 1.82) is 0 Å². The van der Waals surface area contributed by atoms with Crippen molar-refractivity contribution in [2.24, 2.45) is 0 Å². The van der Waals surface area contributed by atoms with Crippen LogP contribution in [0.3, 0.4) is 0 Å². The second kappa shape index (κ2) is 5.40. The van der Waals surface area contributed by atoms with E-state index in [1.165, 1.54) is 6.07 Å². The zero-order valence-corrected chi connectivity index (χ0v) is 11.1. The largest absolute Gasteiger partial charge is 0.488 e. The second-order valence-electron chi connectivity index (χ2n) is 4.22. The molecular formula is C15H14ClFO. The van der Waals surface area contributed by atoms with E-state index in [1.54, 1.807) is 12.1 Å². The summed E-state index contributed by atoms with van der Waals surface area (Å²) >= 11 is 5.73. The average molecular weight is 265 g/mol. The number of hydrogen-bond acceptors (Lipinski definition) is 1. The van der Waals surface area contributed by atoms with Crippen LogP contribution < -0.4 is 4.74 Å². The Labute approximate surface area is 111 Å². The molecule has 0 fully saturated rings. The molecule has 1 nitrogen and oxygen atoms in total. The molecule has 2 aromatic rings. The average Bonchev–Trinajstić information content (AvgIpc) is 2.33. The fourth-order valence-corrected chi connectivity index (χ4v) is 2.03. The van der Waals surface area contributed by atoms with Crippen LogP contribution in [0.15, 0.2) is 36.4 Å². The van der Waals surface area contributed by atoms with Gasteiger partial charge in [0, 0.05) is 5.56 Å². The van der Waals surface area contributed by atoms with Gasteiger partial charge in [-0.05, 0) is 31.0 Å². The minimum Gasteiger partial charge on any atom is -0.488 e. The molecule has 0 N–H and O–H groups in total. The highest BCUT2D eigenvalue weighted by Crippen LogP contribution is 2.25. The molecule has 0 aliphatic carbocycles. The first-order valence-electron chi connectivity index (χ1n) is 5.71. The lowest BCUT2D eigenvalue weighted by atomic mass is 10.1. The van der Waals surface area contributed by atoms with Gasteiger partial charge in [0.15, 0.2) is 0 Å². The zero-order chi connectivity index (χ0) is 13.1. The van der Waals surface area contributed by atoms with Crippen LogP contribution >= 0.6 is 11.6 Å². The van der Waals surface area contributed by atoms with Gasteiger partial charge in [-0.25, -0.2) is 4.39 Å². The predicted octanol–water partition coefficient (Wildman–Crippen LogP) is 4.67. The number of hydrogen-bond donors (Lipinski definition) is 0. The number of halogens is 2. The molecule has 0 heterocycles. The molecule has 0 unspecified atom stereocenters. The molecular weight excluding hydrogens is 251 g/mol. The number of rotatable bonds is 3. The lowest BCUT2D eigenvalue weighted by molar-refractivity contribution is 0.296. The molecule has 94 valence electrons. The van der Waals surface area contributed by atoms with Crippen molar-refractivity contribution in [3.8, 4) is 5.75 Å². The van der Waals surface area contributed by atoms with E-state index in [4.69, 9.17) is 16.3 Å². The highest BCUT2D eigenvalue weighted by molar-refractivity contribution is 6.30. The van der Waals surface area contributed by atoms with E-state index < -0.39 is 5.82 Å². The Hall–Kier alpha value is -1.54. The summed E-state index contributed by atoms with van der Waals surface area (Å²) in [6.07, 6.45) is 0. The molecule has 0 amide bonds. The highest BCUT2D eigenvalue weighted by atomic mass is 35.5. The summed E-state index contributed by atoms with van der Waals surface area (Å²) in [5.74, 6) is 0.391. The van der Waals surface area contributed by atoms with Gasteiger partial charge in [0.25, 0.3) is 0 Å². The Kier molecular flexibility index (Phi) is 3.87. The SMILES string of the molecule is Cc1cccc(C)c1OCc1cccc(Cl)c1F. The van der Waals surface area contributed by atoms with Crippen molar-refractivity contribution in [2.75, 3.05) is 0 Å². The Morgan fingerprint density at radius 3 is 2.33 bits per heavy atom. The number of aryl methyl sites for hydroxylation is 2. The van der Waals surface area contributed by atoms with E-state index in [2.05, 4.69) is 0 Å². The first kappa shape index (κ1) is 12.9. The van der Waals surface area contributed by atoms with Gasteiger partial charge < -0.3 is 4.74 Å². The molecule has 0 aromatic heterocycles. The molecule has 18 heavy (non-hydrogen) atoms. The van der Waals surface area contributed by atoms with Crippen LogP contribution in [0.25, 0.3) is 0 Å². The Morgan fingerprint density at radius 2 is 1.67 bits per heavy atom. The van der Waals surface area contributed by atoms with Crippen LogP contribution in [0.2, 0.25) is 5.02 Å². The number of ether oxygens (including phenoxy) is 1. The van der Waals surface area contributed by atoms with Gasteiger partial charge in [-0.3, -0.25) is 0 Å². The maximum absolute atomic E-state index is 13.7. The van der Waals surface area contributed by atoms with Gasteiger partial charge >= 0.3 is 0 Å². The van der Waals surface area contributed by atoms with E-state index >= 15 is 0 Å². The van der Waals surface area contributed by atoms with Gasteiger partial charge in [-0.15, -0.1) is 0 Å². The van der Waals surface area contributed by atoms with Crippen molar-refractivity contribution in [2.45, 2.75) is 20.5 Å². The molecule has 0 radical (unpaired) electrons. The minimum absolute atomic E-state index is 0.123. The maximum atomic E-state index is 13.7. The summed E-state index contributed by atoms with van der Waals surface area (Å²) in [6, 6.07) is 10.8. The zero-order valence-electron chi connectivity index (χ0n) is 10.3. The molecule has 0 atom stereocenters. The Bertz CT molecular complexity index is 546. The van der Waals surface area contributed by atoms with Gasteiger partial charge in [-0.2, -0.15) is 0 Å². The van der Waals surface area contributed by atoms with Crippen LogP contribution in [-0.2, 0) is 6.61 Å². The topological polar surface area (TPSA) is 9.23 Å². The monoisotopic (exact) mass is 264 g/mol. The molecule has 0 saturated carbocycles. The van der Waals surface area contributed by atoms with E-state index in [0.29, 0.717) is 5.56 Å². The fraction of sp³-hybridized carbons (Fsp3) is 0.200. The molecule has 0 aliphatic heterocycles. The summed E-state index contributed by atoms with van der Waals surface area (Å²) in [4.78, 5) is 0. The van der Waals surface area contributed by atoms with Crippen LogP contribution in [0.4, 0.5) is 4.39 Å². The van der Waals surface area contributed by atoms with Gasteiger partial charge in [0.2, 0.25) is 0 Å².